The van der Waals surface area contributed by atoms with Gasteiger partial charge in [-0.05, 0) is 30.1 Å². The first-order valence-corrected chi connectivity index (χ1v) is 8.05. The van der Waals surface area contributed by atoms with Crippen LogP contribution in [0.25, 0.3) is 10.2 Å². The van der Waals surface area contributed by atoms with Gasteiger partial charge < -0.3 is 9.72 Å². The van der Waals surface area contributed by atoms with Crippen LogP contribution in [0.4, 0.5) is 0 Å². The molecule has 1 N–H and O–H groups in total. The number of nitrogens with one attached hydrogen (secondary N) is 1. The van der Waals surface area contributed by atoms with Crippen LogP contribution in [0.15, 0.2) is 16.2 Å². The van der Waals surface area contributed by atoms with Crippen molar-refractivity contribution in [2.24, 2.45) is 0 Å². The molecule has 0 spiro atoms. The second-order valence-corrected chi connectivity index (χ2v) is 6.16. The first-order valence-electron chi connectivity index (χ1n) is 6.76. The van der Waals surface area contributed by atoms with Crippen molar-refractivity contribution in [2.75, 3.05) is 32.8 Å². The van der Waals surface area contributed by atoms with Gasteiger partial charge in [0.05, 0.1) is 18.7 Å². The van der Waals surface area contributed by atoms with E-state index in [4.69, 9.17) is 17.0 Å². The van der Waals surface area contributed by atoms with Gasteiger partial charge in [-0.2, -0.15) is 0 Å². The predicted molar refractivity (Wildman–Crippen MR) is 83.1 cm³/mol. The Morgan fingerprint density at radius 1 is 1.35 bits per heavy atom. The Hall–Kier alpha value is -1.02. The third-order valence-corrected chi connectivity index (χ3v) is 4.78. The van der Waals surface area contributed by atoms with Gasteiger partial charge in [-0.15, -0.1) is 11.3 Å². The predicted octanol–water partition coefficient (Wildman–Crippen LogP) is 1.84. The Balaban J connectivity index is 1.70. The van der Waals surface area contributed by atoms with Gasteiger partial charge in [-0.3, -0.25) is 14.3 Å². The van der Waals surface area contributed by atoms with Crippen molar-refractivity contribution in [3.05, 3.63) is 26.6 Å². The molecular formula is C13H17N3O2S2. The maximum absolute atomic E-state index is 12.3. The second-order valence-electron chi connectivity index (χ2n) is 4.86. The average molecular weight is 311 g/mol. The van der Waals surface area contributed by atoms with E-state index in [0.29, 0.717) is 11.3 Å². The molecule has 0 amide bonds. The summed E-state index contributed by atoms with van der Waals surface area (Å²) < 4.78 is 8.27. The molecule has 0 radical (unpaired) electrons. The number of aromatic amines is 1. The van der Waals surface area contributed by atoms with E-state index in [0.717, 1.165) is 49.5 Å². The Morgan fingerprint density at radius 3 is 2.95 bits per heavy atom. The Labute approximate surface area is 125 Å². The Morgan fingerprint density at radius 2 is 2.15 bits per heavy atom. The number of nitrogens with zero attached hydrogens (tertiary/aromatic N) is 2. The minimum atomic E-state index is 0.0285. The van der Waals surface area contributed by atoms with Crippen LogP contribution in [0, 0.1) is 4.77 Å². The van der Waals surface area contributed by atoms with E-state index in [1.165, 1.54) is 11.3 Å². The molecule has 3 heterocycles. The summed E-state index contributed by atoms with van der Waals surface area (Å²) in [5, 5.41) is 1.91. The molecule has 0 saturated carbocycles. The maximum atomic E-state index is 12.3. The maximum Gasteiger partial charge on any atom is 0.272 e. The fraction of sp³-hybridized carbons (Fsp3) is 0.538. The van der Waals surface area contributed by atoms with Crippen molar-refractivity contribution in [3.63, 3.8) is 0 Å². The highest BCUT2D eigenvalue weighted by molar-refractivity contribution is 7.71. The second kappa shape index (κ2) is 6.17. The van der Waals surface area contributed by atoms with Crippen LogP contribution in [0.1, 0.15) is 6.42 Å². The summed E-state index contributed by atoms with van der Waals surface area (Å²) in [5.74, 6) is 0. The van der Waals surface area contributed by atoms with Crippen LogP contribution < -0.4 is 5.56 Å². The van der Waals surface area contributed by atoms with Crippen molar-refractivity contribution in [3.8, 4) is 0 Å². The minimum absolute atomic E-state index is 0.0285. The van der Waals surface area contributed by atoms with Crippen molar-refractivity contribution >= 4 is 33.8 Å². The molecule has 2 aromatic rings. The highest BCUT2D eigenvalue weighted by atomic mass is 32.1. The summed E-state index contributed by atoms with van der Waals surface area (Å²) in [7, 11) is 0. The fourth-order valence-electron chi connectivity index (χ4n) is 2.45. The van der Waals surface area contributed by atoms with E-state index in [1.54, 1.807) is 4.57 Å². The van der Waals surface area contributed by atoms with E-state index in [-0.39, 0.29) is 5.56 Å². The lowest BCUT2D eigenvalue weighted by molar-refractivity contribution is 0.0369. The van der Waals surface area contributed by atoms with E-state index < -0.39 is 0 Å². The highest BCUT2D eigenvalue weighted by Crippen LogP contribution is 2.14. The van der Waals surface area contributed by atoms with Gasteiger partial charge >= 0.3 is 0 Å². The summed E-state index contributed by atoms with van der Waals surface area (Å²) in [6, 6.07) is 1.90. The van der Waals surface area contributed by atoms with Crippen LogP contribution in [-0.2, 0) is 11.3 Å². The molecule has 0 unspecified atom stereocenters. The first-order chi connectivity index (χ1) is 9.75. The number of thiophene rings is 1. The molecule has 0 bridgehead atoms. The van der Waals surface area contributed by atoms with Crippen LogP contribution in [0.2, 0.25) is 0 Å². The number of fused-ring (bicyclic) bond motifs is 1. The largest absolute Gasteiger partial charge is 0.379 e. The van der Waals surface area contributed by atoms with Crippen molar-refractivity contribution in [1.82, 2.24) is 14.5 Å². The smallest absolute Gasteiger partial charge is 0.272 e. The van der Waals surface area contributed by atoms with E-state index in [2.05, 4.69) is 9.88 Å². The lowest BCUT2D eigenvalue weighted by Gasteiger charge is -2.26. The van der Waals surface area contributed by atoms with Gasteiger partial charge in [0.25, 0.3) is 5.56 Å². The molecule has 2 aromatic heterocycles. The van der Waals surface area contributed by atoms with E-state index >= 15 is 0 Å². The molecule has 1 fully saturated rings. The zero-order valence-electron chi connectivity index (χ0n) is 11.1. The lowest BCUT2D eigenvalue weighted by atomic mass is 10.3. The standard InChI is InChI=1S/C13H17N3O2S2/c17-12-11-10(2-9-20-11)14-13(19)16(12)4-1-3-15-5-7-18-8-6-15/h2,9H,1,3-8H2,(H,14,19). The van der Waals surface area contributed by atoms with Crippen LogP contribution in [0.5, 0.6) is 0 Å². The van der Waals surface area contributed by atoms with Crippen molar-refractivity contribution < 1.29 is 4.74 Å². The zero-order chi connectivity index (χ0) is 13.9. The van der Waals surface area contributed by atoms with Crippen LogP contribution in [0.3, 0.4) is 0 Å². The number of hydrogen-bond donors (Lipinski definition) is 1. The summed E-state index contributed by atoms with van der Waals surface area (Å²) in [6.07, 6.45) is 0.925. The third kappa shape index (κ3) is 2.85. The summed E-state index contributed by atoms with van der Waals surface area (Å²) in [4.78, 5) is 17.8. The fourth-order valence-corrected chi connectivity index (χ4v) is 3.53. The van der Waals surface area contributed by atoms with Crippen molar-refractivity contribution in [2.45, 2.75) is 13.0 Å². The molecular weight excluding hydrogens is 294 g/mol. The Bertz CT molecular complexity index is 697. The van der Waals surface area contributed by atoms with Gasteiger partial charge in [0.2, 0.25) is 0 Å². The molecule has 0 aromatic carbocycles. The normalized spacial score (nSPS) is 16.8. The van der Waals surface area contributed by atoms with E-state index in [1.807, 2.05) is 11.4 Å². The SMILES string of the molecule is O=c1c2sccc2[nH]c(=S)n1CCCN1CCOCC1. The average Bonchev–Trinajstić information content (AvgIpc) is 2.92. The van der Waals surface area contributed by atoms with Crippen LogP contribution in [-0.4, -0.2) is 47.3 Å². The Kier molecular flexibility index (Phi) is 4.30. The number of morpholine rings is 1. The summed E-state index contributed by atoms with van der Waals surface area (Å²) >= 11 is 6.74. The quantitative estimate of drug-likeness (QED) is 0.876. The number of H-pyrrole nitrogens is 1. The molecule has 5 nitrogen and oxygen atoms in total. The zero-order valence-corrected chi connectivity index (χ0v) is 12.8. The summed E-state index contributed by atoms with van der Waals surface area (Å²) in [6.45, 7) is 5.21. The van der Waals surface area contributed by atoms with Gasteiger partial charge in [-0.1, -0.05) is 0 Å². The molecule has 1 aliphatic heterocycles. The first kappa shape index (κ1) is 13.9. The number of hydrogen-bond acceptors (Lipinski definition) is 5. The van der Waals surface area contributed by atoms with Gasteiger partial charge in [0.15, 0.2) is 4.77 Å². The van der Waals surface area contributed by atoms with Gasteiger partial charge in [-0.25, -0.2) is 0 Å². The third-order valence-electron chi connectivity index (χ3n) is 3.55. The molecule has 20 heavy (non-hydrogen) atoms. The molecule has 0 aliphatic carbocycles. The minimum Gasteiger partial charge on any atom is -0.379 e. The summed E-state index contributed by atoms with van der Waals surface area (Å²) in [5.41, 5.74) is 0.871. The van der Waals surface area contributed by atoms with Crippen molar-refractivity contribution in [1.29, 1.82) is 0 Å². The van der Waals surface area contributed by atoms with Crippen LogP contribution >= 0.6 is 23.6 Å². The molecule has 1 saturated heterocycles. The molecule has 7 heteroatoms. The van der Waals surface area contributed by atoms with E-state index in [9.17, 15) is 4.79 Å². The number of aromatic nitrogens is 2. The lowest BCUT2D eigenvalue weighted by Crippen LogP contribution is -2.37. The molecule has 108 valence electrons. The molecule has 0 atom stereocenters. The monoisotopic (exact) mass is 311 g/mol. The highest BCUT2D eigenvalue weighted by Gasteiger charge is 2.11. The topological polar surface area (TPSA) is 50.3 Å². The molecule has 1 aliphatic rings. The van der Waals surface area contributed by atoms with Gasteiger partial charge in [0.1, 0.15) is 4.70 Å². The van der Waals surface area contributed by atoms with Gasteiger partial charge in [0, 0.05) is 26.2 Å². The number of ether oxygens (including phenoxy) is 1. The molecule has 3 rings (SSSR count). The number of rotatable bonds is 4.